The Kier molecular flexibility index (Phi) is 8.11. The Labute approximate surface area is 190 Å². The molecule has 1 aromatic carbocycles. The Bertz CT molecular complexity index is 700. The van der Waals surface area contributed by atoms with Crippen LogP contribution < -0.4 is 4.90 Å². The second-order valence-corrected chi connectivity index (χ2v) is 10.3. The second kappa shape index (κ2) is 9.64. The van der Waals surface area contributed by atoms with Crippen LogP contribution in [-0.4, -0.2) is 57.3 Å². The summed E-state index contributed by atoms with van der Waals surface area (Å²) in [5.41, 5.74) is -0.250. The highest BCUT2D eigenvalue weighted by atomic mass is 35.5. The number of piperidine rings is 1. The fourth-order valence-electron chi connectivity index (χ4n) is 5.34. The van der Waals surface area contributed by atoms with E-state index in [-0.39, 0.29) is 5.92 Å². The molecule has 0 radical (unpaired) electrons. The van der Waals surface area contributed by atoms with E-state index in [1.165, 1.54) is 5.06 Å². The van der Waals surface area contributed by atoms with Crippen molar-refractivity contribution < 1.29 is 15.1 Å². The van der Waals surface area contributed by atoms with E-state index in [4.69, 9.17) is 23.2 Å². The SMILES string of the molecule is CCC(C(=O)O)(c1ccc(N(CCCl)CCCl)cc1)C1CC(C)(C)N(O)C(C)(C)C1. The number of rotatable bonds is 9. The van der Waals surface area contributed by atoms with Crippen LogP contribution in [0, 0.1) is 5.92 Å². The number of aliphatic carboxylic acids is 1. The zero-order valence-corrected chi connectivity index (χ0v) is 20.3. The van der Waals surface area contributed by atoms with Gasteiger partial charge in [-0.3, -0.25) is 4.79 Å². The van der Waals surface area contributed by atoms with E-state index < -0.39 is 22.5 Å². The normalized spacial score (nSPS) is 21.2. The molecule has 7 heteroatoms. The molecule has 1 aromatic rings. The van der Waals surface area contributed by atoms with Crippen LogP contribution in [-0.2, 0) is 10.2 Å². The van der Waals surface area contributed by atoms with Crippen LogP contribution in [0.4, 0.5) is 5.69 Å². The summed E-state index contributed by atoms with van der Waals surface area (Å²) in [5, 5.41) is 22.5. The van der Waals surface area contributed by atoms with Gasteiger partial charge in [0, 0.05) is 41.6 Å². The topological polar surface area (TPSA) is 64.0 Å². The number of nitrogens with zero attached hydrogens (tertiary/aromatic N) is 2. The summed E-state index contributed by atoms with van der Waals surface area (Å²) >= 11 is 11.9. The van der Waals surface area contributed by atoms with Crippen LogP contribution >= 0.6 is 23.2 Å². The molecular weight excluding hydrogens is 423 g/mol. The minimum absolute atomic E-state index is 0.110. The lowest BCUT2D eigenvalue weighted by atomic mass is 9.59. The van der Waals surface area contributed by atoms with Crippen molar-refractivity contribution in [1.82, 2.24) is 5.06 Å². The molecular formula is C23H36Cl2N2O3. The quantitative estimate of drug-likeness (QED) is 0.487. The van der Waals surface area contributed by atoms with Gasteiger partial charge in [0.15, 0.2) is 0 Å². The maximum Gasteiger partial charge on any atom is 0.314 e. The highest BCUT2D eigenvalue weighted by Crippen LogP contribution is 2.50. The first-order valence-electron chi connectivity index (χ1n) is 10.7. The average Bonchev–Trinajstić information content (AvgIpc) is 2.67. The van der Waals surface area contributed by atoms with Crippen molar-refractivity contribution in [2.24, 2.45) is 5.92 Å². The zero-order chi connectivity index (χ0) is 22.7. The summed E-state index contributed by atoms with van der Waals surface area (Å²) in [6.07, 6.45) is 1.68. The number of benzene rings is 1. The Balaban J connectivity index is 2.48. The molecule has 5 nitrogen and oxygen atoms in total. The summed E-state index contributed by atoms with van der Waals surface area (Å²) in [5.74, 6) is 0.0767. The molecule has 0 saturated carbocycles. The largest absolute Gasteiger partial charge is 0.481 e. The molecule has 170 valence electrons. The number of anilines is 1. The first-order chi connectivity index (χ1) is 14.0. The summed E-state index contributed by atoms with van der Waals surface area (Å²) in [6.45, 7) is 11.2. The van der Waals surface area contributed by atoms with Crippen molar-refractivity contribution in [2.75, 3.05) is 29.7 Å². The zero-order valence-electron chi connectivity index (χ0n) is 18.8. The Hall–Kier alpha value is -1.01. The Morgan fingerprint density at radius 3 is 1.93 bits per heavy atom. The fraction of sp³-hybridized carbons (Fsp3) is 0.696. The van der Waals surface area contributed by atoms with E-state index in [1.54, 1.807) is 0 Å². The highest BCUT2D eigenvalue weighted by Gasteiger charge is 2.55. The van der Waals surface area contributed by atoms with Crippen molar-refractivity contribution in [3.8, 4) is 0 Å². The minimum Gasteiger partial charge on any atom is -0.481 e. The van der Waals surface area contributed by atoms with Gasteiger partial charge in [0.05, 0.1) is 5.41 Å². The van der Waals surface area contributed by atoms with E-state index in [0.29, 0.717) is 44.1 Å². The molecule has 1 saturated heterocycles. The van der Waals surface area contributed by atoms with Gasteiger partial charge in [0.1, 0.15) is 0 Å². The van der Waals surface area contributed by atoms with Crippen molar-refractivity contribution in [2.45, 2.75) is 70.4 Å². The number of carboxylic acids is 1. The average molecular weight is 459 g/mol. The summed E-state index contributed by atoms with van der Waals surface area (Å²) in [7, 11) is 0. The van der Waals surface area contributed by atoms with Crippen LogP contribution in [0.15, 0.2) is 24.3 Å². The molecule has 0 amide bonds. The van der Waals surface area contributed by atoms with Crippen LogP contribution in [0.25, 0.3) is 0 Å². The molecule has 1 fully saturated rings. The molecule has 1 atom stereocenters. The van der Waals surface area contributed by atoms with Crippen LogP contribution in [0.5, 0.6) is 0 Å². The molecule has 0 aromatic heterocycles. The summed E-state index contributed by atoms with van der Waals surface area (Å²) in [4.78, 5) is 14.9. The molecule has 1 aliphatic rings. The molecule has 0 spiro atoms. The highest BCUT2D eigenvalue weighted by molar-refractivity contribution is 6.18. The number of hydrogen-bond donors (Lipinski definition) is 2. The lowest BCUT2D eigenvalue weighted by Crippen LogP contribution is -2.62. The molecule has 0 bridgehead atoms. The minimum atomic E-state index is -1.02. The maximum atomic E-state index is 12.8. The third-order valence-corrected chi connectivity index (χ3v) is 7.07. The Morgan fingerprint density at radius 2 is 1.57 bits per heavy atom. The van der Waals surface area contributed by atoms with Crippen LogP contribution in [0.2, 0.25) is 0 Å². The van der Waals surface area contributed by atoms with Gasteiger partial charge >= 0.3 is 5.97 Å². The summed E-state index contributed by atoms with van der Waals surface area (Å²) < 4.78 is 0. The van der Waals surface area contributed by atoms with Gasteiger partial charge in [-0.05, 0) is 70.6 Å². The molecule has 30 heavy (non-hydrogen) atoms. The van der Waals surface area contributed by atoms with Crippen LogP contribution in [0.3, 0.4) is 0 Å². The molecule has 2 rings (SSSR count). The maximum absolute atomic E-state index is 12.8. The predicted molar refractivity (Wildman–Crippen MR) is 124 cm³/mol. The van der Waals surface area contributed by atoms with Crippen molar-refractivity contribution in [3.05, 3.63) is 29.8 Å². The molecule has 0 aliphatic carbocycles. The predicted octanol–water partition coefficient (Wildman–Crippen LogP) is 5.36. The number of carboxylic acid groups (broad SMARTS) is 1. The van der Waals surface area contributed by atoms with E-state index >= 15 is 0 Å². The summed E-state index contributed by atoms with van der Waals surface area (Å²) in [6, 6.07) is 7.82. The Morgan fingerprint density at radius 1 is 1.10 bits per heavy atom. The van der Waals surface area contributed by atoms with Crippen molar-refractivity contribution in [1.29, 1.82) is 0 Å². The first kappa shape index (κ1) is 25.3. The fourth-order valence-corrected chi connectivity index (χ4v) is 5.75. The number of hydroxylamine groups is 2. The van der Waals surface area contributed by atoms with Gasteiger partial charge in [0.2, 0.25) is 0 Å². The standard InChI is InChI=1S/C23H36Cl2N2O3/c1-6-23(20(28)29,18-15-21(2,3)27(30)22(4,5)16-18)17-7-9-19(10-8-17)26(13-11-24)14-12-25/h7-10,18,30H,6,11-16H2,1-5H3,(H,28,29). The van der Waals surface area contributed by atoms with Gasteiger partial charge in [0.25, 0.3) is 0 Å². The van der Waals surface area contributed by atoms with E-state index in [1.807, 2.05) is 58.9 Å². The molecule has 2 N–H and O–H groups in total. The third kappa shape index (κ3) is 4.74. The smallest absolute Gasteiger partial charge is 0.314 e. The van der Waals surface area contributed by atoms with Gasteiger partial charge in [-0.15, -0.1) is 23.2 Å². The lowest BCUT2D eigenvalue weighted by Gasteiger charge is -2.55. The lowest BCUT2D eigenvalue weighted by molar-refractivity contribution is -0.255. The van der Waals surface area contributed by atoms with Gasteiger partial charge in [-0.1, -0.05) is 19.1 Å². The first-order valence-corrected chi connectivity index (χ1v) is 11.7. The number of halogens is 2. The monoisotopic (exact) mass is 458 g/mol. The number of carbonyl (C=O) groups is 1. The molecule has 1 heterocycles. The van der Waals surface area contributed by atoms with E-state index in [0.717, 1.165) is 11.3 Å². The van der Waals surface area contributed by atoms with Crippen molar-refractivity contribution in [3.63, 3.8) is 0 Å². The number of hydrogen-bond acceptors (Lipinski definition) is 4. The van der Waals surface area contributed by atoms with Gasteiger partial charge in [-0.2, -0.15) is 5.06 Å². The molecule has 1 aliphatic heterocycles. The van der Waals surface area contributed by atoms with Gasteiger partial charge < -0.3 is 15.2 Å². The molecule has 1 unspecified atom stereocenters. The van der Waals surface area contributed by atoms with Crippen LogP contribution in [0.1, 0.15) is 59.4 Å². The van der Waals surface area contributed by atoms with E-state index in [9.17, 15) is 15.1 Å². The third-order valence-electron chi connectivity index (χ3n) is 6.73. The van der Waals surface area contributed by atoms with Gasteiger partial charge in [-0.25, -0.2) is 0 Å². The number of alkyl halides is 2. The second-order valence-electron chi connectivity index (χ2n) is 9.58. The van der Waals surface area contributed by atoms with Crippen molar-refractivity contribution >= 4 is 34.9 Å². The van der Waals surface area contributed by atoms with E-state index in [2.05, 4.69) is 4.90 Å².